The van der Waals surface area contributed by atoms with E-state index in [9.17, 15) is 4.79 Å². The third-order valence-electron chi connectivity index (χ3n) is 4.81. The molecule has 0 aromatic heterocycles. The highest BCUT2D eigenvalue weighted by molar-refractivity contribution is 5.95. The average Bonchev–Trinajstić information content (AvgIpc) is 2.97. The van der Waals surface area contributed by atoms with Crippen molar-refractivity contribution in [2.75, 3.05) is 13.3 Å². The monoisotopic (exact) mass is 290 g/mol. The maximum Gasteiger partial charge on any atom is 0.251 e. The van der Waals surface area contributed by atoms with E-state index in [1.54, 1.807) is 18.2 Å². The molecule has 5 nitrogen and oxygen atoms in total. The molecule has 5 heteroatoms. The van der Waals surface area contributed by atoms with Gasteiger partial charge >= 0.3 is 0 Å². The van der Waals surface area contributed by atoms with Crippen molar-refractivity contribution in [1.82, 2.24) is 5.32 Å². The maximum absolute atomic E-state index is 12.6. The summed E-state index contributed by atoms with van der Waals surface area (Å²) in [4.78, 5) is 12.6. The van der Waals surface area contributed by atoms with Gasteiger partial charge in [0.1, 0.15) is 0 Å². The minimum absolute atomic E-state index is 0.0903. The van der Waals surface area contributed by atoms with E-state index in [-0.39, 0.29) is 18.2 Å². The Balaban J connectivity index is 1.78. The van der Waals surface area contributed by atoms with Gasteiger partial charge in [0, 0.05) is 12.1 Å². The predicted molar refractivity (Wildman–Crippen MR) is 79.4 cm³/mol. The second-order valence-corrected chi connectivity index (χ2v) is 6.03. The van der Waals surface area contributed by atoms with Crippen molar-refractivity contribution in [2.45, 2.75) is 38.1 Å². The van der Waals surface area contributed by atoms with Gasteiger partial charge < -0.3 is 20.5 Å². The molecule has 1 fully saturated rings. The number of nitrogens with one attached hydrogen (secondary N) is 1. The van der Waals surface area contributed by atoms with Gasteiger partial charge in [0.05, 0.1) is 5.54 Å². The van der Waals surface area contributed by atoms with Gasteiger partial charge in [-0.2, -0.15) is 0 Å². The Morgan fingerprint density at radius 3 is 2.95 bits per heavy atom. The van der Waals surface area contributed by atoms with Crippen LogP contribution in [0.15, 0.2) is 18.2 Å². The molecule has 1 heterocycles. The molecule has 114 valence electrons. The zero-order chi connectivity index (χ0) is 14.9. The standard InChI is InChI=1S/C16H22N2O3/c1-11-4-2-3-7-16(11,9-17)18-15(19)12-5-6-13-14(8-12)21-10-20-13/h5-6,8,11H,2-4,7,9-10,17H2,1H3,(H,18,19). The third-order valence-corrected chi connectivity index (χ3v) is 4.81. The third kappa shape index (κ3) is 2.58. The van der Waals surface area contributed by atoms with E-state index >= 15 is 0 Å². The first-order valence-corrected chi connectivity index (χ1v) is 7.57. The number of benzene rings is 1. The molecule has 2 aliphatic rings. The maximum atomic E-state index is 12.6. The van der Waals surface area contributed by atoms with Crippen LogP contribution in [0, 0.1) is 5.92 Å². The van der Waals surface area contributed by atoms with Crippen LogP contribution in [0.2, 0.25) is 0 Å². The molecular formula is C16H22N2O3. The predicted octanol–water partition coefficient (Wildman–Crippen LogP) is 2.05. The summed E-state index contributed by atoms with van der Waals surface area (Å²) in [7, 11) is 0. The summed E-state index contributed by atoms with van der Waals surface area (Å²) in [5.74, 6) is 1.62. The Morgan fingerprint density at radius 1 is 1.38 bits per heavy atom. The molecule has 1 aliphatic heterocycles. The van der Waals surface area contributed by atoms with Crippen molar-refractivity contribution in [1.29, 1.82) is 0 Å². The summed E-state index contributed by atoms with van der Waals surface area (Å²) in [5.41, 5.74) is 6.29. The molecule has 1 saturated carbocycles. The minimum atomic E-state index is -0.286. The van der Waals surface area contributed by atoms with Crippen LogP contribution >= 0.6 is 0 Å². The van der Waals surface area contributed by atoms with E-state index in [0.717, 1.165) is 19.3 Å². The van der Waals surface area contributed by atoms with Crippen LogP contribution < -0.4 is 20.5 Å². The van der Waals surface area contributed by atoms with Crippen LogP contribution in [-0.2, 0) is 0 Å². The highest BCUT2D eigenvalue weighted by Crippen LogP contribution is 2.35. The first-order valence-electron chi connectivity index (χ1n) is 7.57. The lowest BCUT2D eigenvalue weighted by Crippen LogP contribution is -2.59. The highest BCUT2D eigenvalue weighted by atomic mass is 16.7. The lowest BCUT2D eigenvalue weighted by atomic mass is 9.73. The van der Waals surface area contributed by atoms with Crippen molar-refractivity contribution >= 4 is 5.91 Å². The SMILES string of the molecule is CC1CCCCC1(CN)NC(=O)c1ccc2c(c1)OCO2. The van der Waals surface area contributed by atoms with Crippen LogP contribution in [0.25, 0.3) is 0 Å². The molecule has 0 bridgehead atoms. The summed E-state index contributed by atoms with van der Waals surface area (Å²) >= 11 is 0. The van der Waals surface area contributed by atoms with E-state index in [1.807, 2.05) is 0 Å². The number of hydrogen-bond donors (Lipinski definition) is 2. The molecule has 21 heavy (non-hydrogen) atoms. The van der Waals surface area contributed by atoms with Gasteiger partial charge in [-0.25, -0.2) is 0 Å². The van der Waals surface area contributed by atoms with Crippen molar-refractivity contribution in [3.05, 3.63) is 23.8 Å². The van der Waals surface area contributed by atoms with E-state index in [0.29, 0.717) is 29.5 Å². The summed E-state index contributed by atoms with van der Waals surface area (Å²) < 4.78 is 10.6. The Hall–Kier alpha value is -1.75. The van der Waals surface area contributed by atoms with E-state index in [4.69, 9.17) is 15.2 Å². The Morgan fingerprint density at radius 2 is 2.19 bits per heavy atom. The zero-order valence-electron chi connectivity index (χ0n) is 12.4. The molecule has 3 rings (SSSR count). The Labute approximate surface area is 124 Å². The van der Waals surface area contributed by atoms with Crippen LogP contribution in [0.3, 0.4) is 0 Å². The summed E-state index contributed by atoms with van der Waals surface area (Å²) in [6, 6.07) is 5.27. The lowest BCUT2D eigenvalue weighted by molar-refractivity contribution is 0.0812. The first kappa shape index (κ1) is 14.2. The number of nitrogens with two attached hydrogens (primary N) is 1. The number of fused-ring (bicyclic) bond motifs is 1. The molecule has 3 N–H and O–H groups in total. The van der Waals surface area contributed by atoms with Crippen LogP contribution in [0.4, 0.5) is 0 Å². The van der Waals surface area contributed by atoms with Crippen molar-refractivity contribution < 1.29 is 14.3 Å². The fourth-order valence-electron chi connectivity index (χ4n) is 3.29. The smallest absolute Gasteiger partial charge is 0.251 e. The fourth-order valence-corrected chi connectivity index (χ4v) is 3.29. The number of amides is 1. The van der Waals surface area contributed by atoms with Crippen molar-refractivity contribution in [3.8, 4) is 11.5 Å². The van der Waals surface area contributed by atoms with Crippen LogP contribution in [0.5, 0.6) is 11.5 Å². The molecule has 0 radical (unpaired) electrons. The molecule has 1 aliphatic carbocycles. The van der Waals surface area contributed by atoms with Gasteiger partial charge in [0.15, 0.2) is 11.5 Å². The Kier molecular flexibility index (Phi) is 3.76. The van der Waals surface area contributed by atoms with Crippen LogP contribution in [0.1, 0.15) is 43.0 Å². The molecule has 1 amide bonds. The molecule has 1 aromatic carbocycles. The molecular weight excluding hydrogens is 268 g/mol. The number of carbonyl (C=O) groups is 1. The first-order chi connectivity index (χ1) is 10.1. The number of carbonyl (C=O) groups excluding carboxylic acids is 1. The largest absolute Gasteiger partial charge is 0.454 e. The lowest BCUT2D eigenvalue weighted by Gasteiger charge is -2.42. The number of hydrogen-bond acceptors (Lipinski definition) is 4. The topological polar surface area (TPSA) is 73.6 Å². The minimum Gasteiger partial charge on any atom is -0.454 e. The van der Waals surface area contributed by atoms with Crippen molar-refractivity contribution in [2.24, 2.45) is 11.7 Å². The van der Waals surface area contributed by atoms with Gasteiger partial charge in [-0.1, -0.05) is 19.8 Å². The number of rotatable bonds is 3. The Bertz CT molecular complexity index is 546. The van der Waals surface area contributed by atoms with Crippen molar-refractivity contribution in [3.63, 3.8) is 0 Å². The van der Waals surface area contributed by atoms with Gasteiger partial charge in [-0.15, -0.1) is 0 Å². The second kappa shape index (κ2) is 5.56. The summed E-state index contributed by atoms with van der Waals surface area (Å²) in [5, 5.41) is 3.18. The quantitative estimate of drug-likeness (QED) is 0.893. The number of ether oxygens (including phenoxy) is 2. The van der Waals surface area contributed by atoms with Gasteiger partial charge in [-0.05, 0) is 37.0 Å². The second-order valence-electron chi connectivity index (χ2n) is 6.03. The zero-order valence-corrected chi connectivity index (χ0v) is 12.4. The summed E-state index contributed by atoms with van der Waals surface area (Å²) in [6.07, 6.45) is 4.38. The van der Waals surface area contributed by atoms with Gasteiger partial charge in [0.2, 0.25) is 6.79 Å². The van der Waals surface area contributed by atoms with Gasteiger partial charge in [-0.3, -0.25) is 4.79 Å². The highest BCUT2D eigenvalue weighted by Gasteiger charge is 2.38. The molecule has 0 spiro atoms. The normalized spacial score (nSPS) is 27.4. The molecule has 2 atom stereocenters. The average molecular weight is 290 g/mol. The summed E-state index contributed by atoms with van der Waals surface area (Å²) in [6.45, 7) is 2.86. The molecule has 0 saturated heterocycles. The van der Waals surface area contributed by atoms with Crippen LogP contribution in [-0.4, -0.2) is 24.8 Å². The molecule has 1 aromatic rings. The van der Waals surface area contributed by atoms with E-state index in [2.05, 4.69) is 12.2 Å². The van der Waals surface area contributed by atoms with Gasteiger partial charge in [0.25, 0.3) is 5.91 Å². The van der Waals surface area contributed by atoms with E-state index in [1.165, 1.54) is 6.42 Å². The molecule has 2 unspecified atom stereocenters. The fraction of sp³-hybridized carbons (Fsp3) is 0.562. The van der Waals surface area contributed by atoms with E-state index < -0.39 is 0 Å².